The fraction of sp³-hybridized carbons (Fsp3) is 0.842. The van der Waals surface area contributed by atoms with Crippen LogP contribution in [0.5, 0.6) is 0 Å². The van der Waals surface area contributed by atoms with Gasteiger partial charge in [-0.2, -0.15) is 0 Å². The van der Waals surface area contributed by atoms with Crippen molar-refractivity contribution in [1.29, 1.82) is 0 Å². The quantitative estimate of drug-likeness (QED) is 0.800. The summed E-state index contributed by atoms with van der Waals surface area (Å²) in [6.07, 6.45) is 10.3. The van der Waals surface area contributed by atoms with Crippen LogP contribution in [0.15, 0.2) is 12.2 Å². The average molecular weight is 335 g/mol. The number of hydrogen-bond donors (Lipinski definition) is 1. The molecule has 0 aromatic rings. The highest BCUT2D eigenvalue weighted by atomic mass is 16.2. The molecule has 0 bridgehead atoms. The maximum atomic E-state index is 12.4. The van der Waals surface area contributed by atoms with Crippen LogP contribution in [0.1, 0.15) is 32.1 Å². The summed E-state index contributed by atoms with van der Waals surface area (Å²) in [6.45, 7) is 8.70. The van der Waals surface area contributed by atoms with E-state index in [0.29, 0.717) is 5.92 Å². The van der Waals surface area contributed by atoms with Gasteiger partial charge in [-0.25, -0.2) is 4.79 Å². The summed E-state index contributed by atoms with van der Waals surface area (Å²) in [5.74, 6) is 1.40. The maximum absolute atomic E-state index is 12.4. The molecule has 5 nitrogen and oxygen atoms in total. The topological polar surface area (TPSA) is 38.8 Å². The van der Waals surface area contributed by atoms with Crippen LogP contribution in [0.2, 0.25) is 0 Å². The second kappa shape index (κ2) is 8.86. The Hall–Kier alpha value is -1.07. The summed E-state index contributed by atoms with van der Waals surface area (Å²) >= 11 is 0. The van der Waals surface area contributed by atoms with Crippen molar-refractivity contribution in [2.45, 2.75) is 32.1 Å². The second-order valence-electron chi connectivity index (χ2n) is 7.87. The highest BCUT2D eigenvalue weighted by Gasteiger charge is 2.25. The van der Waals surface area contributed by atoms with E-state index >= 15 is 0 Å². The predicted octanol–water partition coefficient (Wildman–Crippen LogP) is 2.01. The van der Waals surface area contributed by atoms with Gasteiger partial charge in [-0.3, -0.25) is 0 Å². The fourth-order valence-corrected chi connectivity index (χ4v) is 4.10. The van der Waals surface area contributed by atoms with E-state index in [-0.39, 0.29) is 6.03 Å². The number of carbonyl (C=O) groups excluding carboxylic acids is 1. The second-order valence-corrected chi connectivity index (χ2v) is 7.87. The Morgan fingerprint density at radius 1 is 1.00 bits per heavy atom. The van der Waals surface area contributed by atoms with E-state index in [9.17, 15) is 4.79 Å². The summed E-state index contributed by atoms with van der Waals surface area (Å²) in [5, 5.41) is 3.16. The molecule has 0 radical (unpaired) electrons. The first-order valence-corrected chi connectivity index (χ1v) is 9.79. The zero-order chi connectivity index (χ0) is 16.8. The summed E-state index contributed by atoms with van der Waals surface area (Å²) in [6, 6.07) is 0.155. The van der Waals surface area contributed by atoms with E-state index in [2.05, 4.69) is 34.3 Å². The van der Waals surface area contributed by atoms with E-state index in [4.69, 9.17) is 0 Å². The third-order valence-corrected chi connectivity index (χ3v) is 5.93. The fourth-order valence-electron chi connectivity index (χ4n) is 4.10. The molecular formula is C19H34N4O. The minimum Gasteiger partial charge on any atom is -0.338 e. The Morgan fingerprint density at radius 2 is 1.75 bits per heavy atom. The van der Waals surface area contributed by atoms with Crippen molar-refractivity contribution in [3.8, 4) is 0 Å². The lowest BCUT2D eigenvalue weighted by Crippen LogP contribution is -2.49. The van der Waals surface area contributed by atoms with Crippen molar-refractivity contribution in [3.63, 3.8) is 0 Å². The molecule has 2 aliphatic heterocycles. The van der Waals surface area contributed by atoms with Crippen LogP contribution < -0.4 is 5.32 Å². The molecule has 1 atom stereocenters. The van der Waals surface area contributed by atoms with Gasteiger partial charge in [0.2, 0.25) is 0 Å². The van der Waals surface area contributed by atoms with Crippen molar-refractivity contribution < 1.29 is 4.79 Å². The number of urea groups is 1. The molecule has 2 fully saturated rings. The molecule has 0 aromatic carbocycles. The number of allylic oxidation sites excluding steroid dienone is 2. The normalized spacial score (nSPS) is 27.4. The van der Waals surface area contributed by atoms with E-state index in [1.165, 1.54) is 39.1 Å². The highest BCUT2D eigenvalue weighted by Crippen LogP contribution is 2.20. The number of likely N-dealkylation sites (N-methyl/N-ethyl adjacent to an activating group) is 1. The van der Waals surface area contributed by atoms with E-state index < -0.39 is 0 Å². The molecule has 136 valence electrons. The van der Waals surface area contributed by atoms with Crippen LogP contribution >= 0.6 is 0 Å². The molecule has 24 heavy (non-hydrogen) atoms. The maximum Gasteiger partial charge on any atom is 0.317 e. The number of carbonyl (C=O) groups is 1. The molecule has 2 amide bonds. The third-order valence-electron chi connectivity index (χ3n) is 5.93. The molecule has 0 unspecified atom stereocenters. The molecule has 1 N–H and O–H groups in total. The molecule has 2 saturated heterocycles. The Kier molecular flexibility index (Phi) is 6.55. The standard InChI is InChI=1S/C19H34N4O/c1-21-11-13-22(14-12-21)16-18-7-9-23(10-8-18)19(24)20-15-17-5-3-2-4-6-17/h2-3,17-18H,4-16H2,1H3,(H,20,24)/t17-/m1/s1. The Morgan fingerprint density at radius 3 is 2.42 bits per heavy atom. The number of nitrogens with one attached hydrogen (secondary N) is 1. The highest BCUT2D eigenvalue weighted by molar-refractivity contribution is 5.74. The van der Waals surface area contributed by atoms with Gasteiger partial charge in [0.25, 0.3) is 0 Å². The lowest BCUT2D eigenvalue weighted by atomic mass is 9.94. The Bertz CT molecular complexity index is 423. The van der Waals surface area contributed by atoms with Crippen molar-refractivity contribution in [2.75, 3.05) is 59.4 Å². The van der Waals surface area contributed by atoms with Crippen LogP contribution in [0.25, 0.3) is 0 Å². The van der Waals surface area contributed by atoms with Crippen LogP contribution in [0.3, 0.4) is 0 Å². The number of nitrogens with zero attached hydrogens (tertiary/aromatic N) is 3. The number of rotatable bonds is 4. The summed E-state index contributed by atoms with van der Waals surface area (Å²) < 4.78 is 0. The number of piperidine rings is 1. The van der Waals surface area contributed by atoms with Gasteiger partial charge in [-0.15, -0.1) is 0 Å². The van der Waals surface area contributed by atoms with Crippen LogP contribution in [-0.2, 0) is 0 Å². The van der Waals surface area contributed by atoms with Crippen molar-refractivity contribution >= 4 is 6.03 Å². The summed E-state index contributed by atoms with van der Waals surface area (Å²) in [7, 11) is 2.21. The largest absolute Gasteiger partial charge is 0.338 e. The lowest BCUT2D eigenvalue weighted by molar-refractivity contribution is 0.111. The summed E-state index contributed by atoms with van der Waals surface area (Å²) in [5.41, 5.74) is 0. The average Bonchev–Trinajstić information content (AvgIpc) is 2.63. The number of likely N-dealkylation sites (tertiary alicyclic amines) is 1. The van der Waals surface area contributed by atoms with Gasteiger partial charge < -0.3 is 20.0 Å². The SMILES string of the molecule is CN1CCN(CC2CCN(C(=O)NC[C@@H]3CC=CCC3)CC2)CC1. The molecule has 3 aliphatic rings. The van der Waals surface area contributed by atoms with Gasteiger partial charge >= 0.3 is 6.03 Å². The minimum absolute atomic E-state index is 0.155. The van der Waals surface area contributed by atoms with Crippen LogP contribution in [0.4, 0.5) is 4.79 Å². The van der Waals surface area contributed by atoms with Gasteiger partial charge in [0.15, 0.2) is 0 Å². The van der Waals surface area contributed by atoms with Gasteiger partial charge in [0, 0.05) is 52.4 Å². The van der Waals surface area contributed by atoms with E-state index in [1.54, 1.807) is 0 Å². The first kappa shape index (κ1) is 17.7. The molecule has 0 saturated carbocycles. The predicted molar refractivity (Wildman–Crippen MR) is 98.1 cm³/mol. The summed E-state index contributed by atoms with van der Waals surface area (Å²) in [4.78, 5) is 19.4. The molecule has 5 heteroatoms. The molecule has 3 rings (SSSR count). The number of piperazine rings is 1. The monoisotopic (exact) mass is 334 g/mol. The van der Waals surface area contributed by atoms with Gasteiger partial charge in [-0.05, 0) is 51.0 Å². The van der Waals surface area contributed by atoms with E-state index in [0.717, 1.165) is 51.2 Å². The Labute approximate surface area is 147 Å². The van der Waals surface area contributed by atoms with Crippen LogP contribution in [0, 0.1) is 11.8 Å². The molecular weight excluding hydrogens is 300 g/mol. The molecule has 0 aromatic heterocycles. The zero-order valence-corrected chi connectivity index (χ0v) is 15.3. The smallest absolute Gasteiger partial charge is 0.317 e. The molecule has 1 aliphatic carbocycles. The van der Waals surface area contributed by atoms with Crippen molar-refractivity contribution in [2.24, 2.45) is 11.8 Å². The van der Waals surface area contributed by atoms with Gasteiger partial charge in [-0.1, -0.05) is 12.2 Å². The van der Waals surface area contributed by atoms with Crippen molar-refractivity contribution in [3.05, 3.63) is 12.2 Å². The Balaban J connectivity index is 1.32. The number of hydrogen-bond acceptors (Lipinski definition) is 3. The first-order chi connectivity index (χ1) is 11.7. The van der Waals surface area contributed by atoms with Gasteiger partial charge in [0.05, 0.1) is 0 Å². The molecule has 0 spiro atoms. The molecule has 2 heterocycles. The van der Waals surface area contributed by atoms with Crippen LogP contribution in [-0.4, -0.2) is 80.1 Å². The minimum atomic E-state index is 0.155. The zero-order valence-electron chi connectivity index (χ0n) is 15.3. The van der Waals surface area contributed by atoms with E-state index in [1.807, 2.05) is 4.90 Å². The third kappa shape index (κ3) is 5.21. The van der Waals surface area contributed by atoms with Gasteiger partial charge in [0.1, 0.15) is 0 Å². The number of amides is 2. The van der Waals surface area contributed by atoms with Crippen molar-refractivity contribution in [1.82, 2.24) is 20.0 Å². The lowest BCUT2D eigenvalue weighted by Gasteiger charge is -2.38. The first-order valence-electron chi connectivity index (χ1n) is 9.79.